The van der Waals surface area contributed by atoms with E-state index in [1.807, 2.05) is 13.8 Å². The fraction of sp³-hybridized carbons (Fsp3) is 0.545. The van der Waals surface area contributed by atoms with E-state index in [1.54, 1.807) is 6.20 Å². The van der Waals surface area contributed by atoms with Crippen molar-refractivity contribution in [2.24, 2.45) is 0 Å². The Morgan fingerprint density at radius 2 is 2.47 bits per heavy atom. The maximum atomic E-state index is 9.66. The molecule has 82 valence electrons. The average molecular weight is 209 g/mol. The highest BCUT2D eigenvalue weighted by molar-refractivity contribution is 5.44. The lowest BCUT2D eigenvalue weighted by Crippen LogP contribution is -2.04. The maximum absolute atomic E-state index is 9.66. The van der Waals surface area contributed by atoms with Gasteiger partial charge in [-0.1, -0.05) is 6.92 Å². The highest BCUT2D eigenvalue weighted by Crippen LogP contribution is 2.37. The quantitative estimate of drug-likeness (QED) is 0.823. The Kier molecular flexibility index (Phi) is 2.88. The number of hydrogen-bond donors (Lipinski definition) is 1. The standard InChI is InChI=1S/C11H15NO3/c1-3-4-14-10-7(2)12-5-8-6-15-11(13)9(8)10/h5,11,13H,3-4,6H2,1-2H3. The lowest BCUT2D eigenvalue weighted by atomic mass is 10.1. The number of nitrogens with zero attached hydrogens (tertiary/aromatic N) is 1. The Balaban J connectivity index is 2.38. The van der Waals surface area contributed by atoms with E-state index in [9.17, 15) is 5.11 Å². The van der Waals surface area contributed by atoms with E-state index >= 15 is 0 Å². The maximum Gasteiger partial charge on any atom is 0.185 e. The number of aryl methyl sites for hydroxylation is 1. The summed E-state index contributed by atoms with van der Waals surface area (Å²) in [7, 11) is 0. The van der Waals surface area contributed by atoms with Gasteiger partial charge in [0.05, 0.1) is 24.5 Å². The molecule has 0 spiro atoms. The van der Waals surface area contributed by atoms with Crippen molar-refractivity contribution in [1.82, 2.24) is 4.98 Å². The molecular weight excluding hydrogens is 194 g/mol. The second-order valence-corrected chi connectivity index (χ2v) is 3.62. The van der Waals surface area contributed by atoms with Crippen molar-refractivity contribution >= 4 is 0 Å². The smallest absolute Gasteiger partial charge is 0.185 e. The summed E-state index contributed by atoms with van der Waals surface area (Å²) < 4.78 is 10.7. The van der Waals surface area contributed by atoms with Crippen LogP contribution in [0.25, 0.3) is 0 Å². The predicted molar refractivity (Wildman–Crippen MR) is 54.5 cm³/mol. The summed E-state index contributed by atoms with van der Waals surface area (Å²) in [4.78, 5) is 4.22. The molecule has 0 saturated carbocycles. The molecule has 0 fully saturated rings. The lowest BCUT2D eigenvalue weighted by molar-refractivity contribution is -0.0927. The van der Waals surface area contributed by atoms with Crippen molar-refractivity contribution in [3.63, 3.8) is 0 Å². The molecule has 1 aromatic heterocycles. The molecule has 2 rings (SSSR count). The van der Waals surface area contributed by atoms with Gasteiger partial charge in [0.25, 0.3) is 0 Å². The molecule has 0 amide bonds. The van der Waals surface area contributed by atoms with Crippen LogP contribution < -0.4 is 4.74 Å². The van der Waals surface area contributed by atoms with Gasteiger partial charge in [0.1, 0.15) is 5.75 Å². The molecule has 1 aliphatic rings. The third-order valence-electron chi connectivity index (χ3n) is 2.43. The molecule has 15 heavy (non-hydrogen) atoms. The van der Waals surface area contributed by atoms with Crippen molar-refractivity contribution in [2.75, 3.05) is 6.61 Å². The zero-order chi connectivity index (χ0) is 10.8. The molecule has 0 aromatic carbocycles. The summed E-state index contributed by atoms with van der Waals surface area (Å²) >= 11 is 0. The molecule has 1 N–H and O–H groups in total. The number of aliphatic hydroxyl groups is 1. The predicted octanol–water partition coefficient (Wildman–Crippen LogP) is 1.70. The SMILES string of the molecule is CCCOc1c(C)ncc2c1C(O)OC2. The first-order chi connectivity index (χ1) is 7.24. The summed E-state index contributed by atoms with van der Waals surface area (Å²) in [5, 5.41) is 9.66. The van der Waals surface area contributed by atoms with E-state index in [4.69, 9.17) is 9.47 Å². The van der Waals surface area contributed by atoms with Gasteiger partial charge in [0, 0.05) is 11.8 Å². The number of hydrogen-bond acceptors (Lipinski definition) is 4. The Labute approximate surface area is 88.9 Å². The van der Waals surface area contributed by atoms with Crippen LogP contribution in [0.3, 0.4) is 0 Å². The van der Waals surface area contributed by atoms with Gasteiger partial charge in [-0.2, -0.15) is 0 Å². The molecule has 1 aliphatic heterocycles. The Morgan fingerprint density at radius 1 is 1.67 bits per heavy atom. The van der Waals surface area contributed by atoms with Gasteiger partial charge in [-0.25, -0.2) is 0 Å². The van der Waals surface area contributed by atoms with Crippen LogP contribution in [0.15, 0.2) is 6.20 Å². The zero-order valence-corrected chi connectivity index (χ0v) is 8.99. The van der Waals surface area contributed by atoms with E-state index in [0.29, 0.717) is 19.0 Å². The van der Waals surface area contributed by atoms with Crippen LogP contribution in [0.4, 0.5) is 0 Å². The van der Waals surface area contributed by atoms with Gasteiger partial charge < -0.3 is 14.6 Å². The minimum absolute atomic E-state index is 0.409. The summed E-state index contributed by atoms with van der Waals surface area (Å²) in [6.45, 7) is 4.95. The van der Waals surface area contributed by atoms with Gasteiger partial charge in [0.15, 0.2) is 6.29 Å². The molecular formula is C11H15NO3. The van der Waals surface area contributed by atoms with E-state index in [1.165, 1.54) is 0 Å². The number of pyridine rings is 1. The van der Waals surface area contributed by atoms with Gasteiger partial charge in [-0.05, 0) is 13.3 Å². The third kappa shape index (κ3) is 1.82. The van der Waals surface area contributed by atoms with Crippen molar-refractivity contribution in [2.45, 2.75) is 33.2 Å². The van der Waals surface area contributed by atoms with Crippen LogP contribution in [0, 0.1) is 6.92 Å². The first-order valence-electron chi connectivity index (χ1n) is 5.15. The molecule has 0 radical (unpaired) electrons. The van der Waals surface area contributed by atoms with Crippen molar-refractivity contribution in [3.05, 3.63) is 23.0 Å². The van der Waals surface area contributed by atoms with Crippen molar-refractivity contribution in [3.8, 4) is 5.75 Å². The first-order valence-corrected chi connectivity index (χ1v) is 5.15. The summed E-state index contributed by atoms with van der Waals surface area (Å²) in [5.41, 5.74) is 2.46. The Morgan fingerprint density at radius 3 is 3.20 bits per heavy atom. The average Bonchev–Trinajstić information content (AvgIpc) is 2.60. The van der Waals surface area contributed by atoms with Crippen LogP contribution in [0.5, 0.6) is 5.75 Å². The van der Waals surface area contributed by atoms with Crippen molar-refractivity contribution in [1.29, 1.82) is 0 Å². The van der Waals surface area contributed by atoms with E-state index in [-0.39, 0.29) is 0 Å². The second-order valence-electron chi connectivity index (χ2n) is 3.62. The van der Waals surface area contributed by atoms with E-state index in [0.717, 1.165) is 23.2 Å². The molecule has 0 bridgehead atoms. The lowest BCUT2D eigenvalue weighted by Gasteiger charge is -2.13. The number of rotatable bonds is 3. The minimum Gasteiger partial charge on any atom is -0.491 e. The normalized spacial score (nSPS) is 19.0. The largest absolute Gasteiger partial charge is 0.491 e. The number of fused-ring (bicyclic) bond motifs is 1. The van der Waals surface area contributed by atoms with Gasteiger partial charge in [-0.15, -0.1) is 0 Å². The fourth-order valence-corrected chi connectivity index (χ4v) is 1.67. The molecule has 4 heteroatoms. The minimum atomic E-state index is -0.867. The van der Waals surface area contributed by atoms with Crippen molar-refractivity contribution < 1.29 is 14.6 Å². The molecule has 4 nitrogen and oxygen atoms in total. The van der Waals surface area contributed by atoms with Crippen LogP contribution in [-0.4, -0.2) is 16.7 Å². The van der Waals surface area contributed by atoms with Gasteiger partial charge in [0.2, 0.25) is 0 Å². The van der Waals surface area contributed by atoms with Gasteiger partial charge >= 0.3 is 0 Å². The van der Waals surface area contributed by atoms with Crippen LogP contribution in [0.1, 0.15) is 36.5 Å². The van der Waals surface area contributed by atoms with Crippen LogP contribution in [-0.2, 0) is 11.3 Å². The highest BCUT2D eigenvalue weighted by Gasteiger charge is 2.27. The number of ether oxygens (including phenoxy) is 2. The summed E-state index contributed by atoms with van der Waals surface area (Å²) in [6.07, 6.45) is 1.80. The topological polar surface area (TPSA) is 51.6 Å². The zero-order valence-electron chi connectivity index (χ0n) is 8.99. The number of aromatic nitrogens is 1. The van der Waals surface area contributed by atoms with E-state index in [2.05, 4.69) is 4.98 Å². The fourth-order valence-electron chi connectivity index (χ4n) is 1.67. The molecule has 0 saturated heterocycles. The molecule has 1 aromatic rings. The molecule has 0 aliphatic carbocycles. The number of aliphatic hydroxyl groups excluding tert-OH is 1. The summed E-state index contributed by atoms with van der Waals surface area (Å²) in [5.74, 6) is 0.680. The molecule has 2 heterocycles. The molecule has 1 atom stereocenters. The Bertz CT molecular complexity index is 365. The van der Waals surface area contributed by atoms with E-state index < -0.39 is 6.29 Å². The molecule has 1 unspecified atom stereocenters. The first kappa shape index (κ1) is 10.4. The summed E-state index contributed by atoms with van der Waals surface area (Å²) in [6, 6.07) is 0. The van der Waals surface area contributed by atoms with Gasteiger partial charge in [-0.3, -0.25) is 4.98 Å². The van der Waals surface area contributed by atoms with Crippen LogP contribution in [0.2, 0.25) is 0 Å². The Hall–Kier alpha value is -1.13. The third-order valence-corrected chi connectivity index (χ3v) is 2.43. The second kappa shape index (κ2) is 4.16. The highest BCUT2D eigenvalue weighted by atomic mass is 16.6. The monoisotopic (exact) mass is 209 g/mol. The van der Waals surface area contributed by atoms with Crippen LogP contribution >= 0.6 is 0 Å².